The molecule has 1 saturated carbocycles. The maximum atomic E-state index is 4.80. The fraction of sp³-hybridized carbons (Fsp3) is 0.733. The van der Waals surface area contributed by atoms with E-state index in [0.717, 1.165) is 35.4 Å². The normalized spacial score (nSPS) is 27.4. The van der Waals surface area contributed by atoms with Crippen LogP contribution in [0.5, 0.6) is 0 Å². The SMILES string of the molecule is Brc1cc(N2CCC(N3CCCC3)C2)nc(C2CC2)n1. The second-order valence-corrected chi connectivity index (χ2v) is 7.13. The van der Waals surface area contributed by atoms with Gasteiger partial charge in [0, 0.05) is 31.1 Å². The molecule has 1 unspecified atom stereocenters. The number of hydrogen-bond acceptors (Lipinski definition) is 4. The molecule has 0 aromatic carbocycles. The molecular weight excluding hydrogens is 316 g/mol. The lowest BCUT2D eigenvalue weighted by atomic mass is 10.2. The zero-order valence-electron chi connectivity index (χ0n) is 11.8. The van der Waals surface area contributed by atoms with Gasteiger partial charge in [0.25, 0.3) is 0 Å². The summed E-state index contributed by atoms with van der Waals surface area (Å²) < 4.78 is 0.939. The van der Waals surface area contributed by atoms with Gasteiger partial charge in [-0.2, -0.15) is 0 Å². The zero-order valence-corrected chi connectivity index (χ0v) is 13.3. The highest BCUT2D eigenvalue weighted by atomic mass is 79.9. The first-order valence-electron chi connectivity index (χ1n) is 7.83. The molecule has 0 bridgehead atoms. The second-order valence-electron chi connectivity index (χ2n) is 6.31. The highest BCUT2D eigenvalue weighted by Gasteiger charge is 2.32. The van der Waals surface area contributed by atoms with Crippen molar-refractivity contribution in [2.45, 2.75) is 44.1 Å². The molecule has 1 atom stereocenters. The van der Waals surface area contributed by atoms with Gasteiger partial charge < -0.3 is 4.90 Å². The number of halogens is 1. The van der Waals surface area contributed by atoms with E-state index in [1.165, 1.54) is 45.2 Å². The topological polar surface area (TPSA) is 32.3 Å². The molecule has 4 rings (SSSR count). The first-order chi connectivity index (χ1) is 9.79. The largest absolute Gasteiger partial charge is 0.355 e. The van der Waals surface area contributed by atoms with E-state index in [4.69, 9.17) is 4.98 Å². The van der Waals surface area contributed by atoms with E-state index in [1.807, 2.05) is 0 Å². The van der Waals surface area contributed by atoms with Crippen LogP contribution in [0.4, 0.5) is 5.82 Å². The molecule has 2 aliphatic heterocycles. The van der Waals surface area contributed by atoms with E-state index in [0.29, 0.717) is 5.92 Å². The maximum absolute atomic E-state index is 4.80. The van der Waals surface area contributed by atoms with E-state index in [9.17, 15) is 0 Å². The Bertz CT molecular complexity index is 497. The minimum absolute atomic E-state index is 0.614. The summed E-state index contributed by atoms with van der Waals surface area (Å²) in [5.41, 5.74) is 0. The smallest absolute Gasteiger partial charge is 0.135 e. The first kappa shape index (κ1) is 13.0. The fourth-order valence-corrected chi connectivity index (χ4v) is 3.85. The van der Waals surface area contributed by atoms with E-state index < -0.39 is 0 Å². The molecule has 1 aromatic rings. The molecular formula is C15H21BrN4. The number of likely N-dealkylation sites (tertiary alicyclic amines) is 1. The average Bonchev–Trinajstić information content (AvgIpc) is 2.96. The molecule has 20 heavy (non-hydrogen) atoms. The van der Waals surface area contributed by atoms with Crippen LogP contribution in [-0.4, -0.2) is 47.1 Å². The average molecular weight is 337 g/mol. The van der Waals surface area contributed by atoms with Gasteiger partial charge in [0.1, 0.15) is 16.2 Å². The van der Waals surface area contributed by atoms with Gasteiger partial charge in [-0.1, -0.05) is 0 Å². The number of nitrogens with zero attached hydrogens (tertiary/aromatic N) is 4. The third-order valence-electron chi connectivity index (χ3n) is 4.79. The van der Waals surface area contributed by atoms with Crippen LogP contribution < -0.4 is 4.90 Å². The lowest BCUT2D eigenvalue weighted by molar-refractivity contribution is 0.260. The van der Waals surface area contributed by atoms with Gasteiger partial charge in [0.15, 0.2) is 0 Å². The summed E-state index contributed by atoms with van der Waals surface area (Å²) in [7, 11) is 0. The molecule has 108 valence electrons. The molecule has 1 aromatic heterocycles. The first-order valence-corrected chi connectivity index (χ1v) is 8.62. The summed E-state index contributed by atoms with van der Waals surface area (Å²) in [5.74, 6) is 2.78. The Morgan fingerprint density at radius 3 is 2.60 bits per heavy atom. The highest BCUT2D eigenvalue weighted by molar-refractivity contribution is 9.10. The van der Waals surface area contributed by atoms with E-state index in [-0.39, 0.29) is 0 Å². The molecule has 3 heterocycles. The van der Waals surface area contributed by atoms with Crippen LogP contribution in [0.3, 0.4) is 0 Å². The monoisotopic (exact) mass is 336 g/mol. The van der Waals surface area contributed by atoms with Gasteiger partial charge >= 0.3 is 0 Å². The summed E-state index contributed by atoms with van der Waals surface area (Å²) in [6.07, 6.45) is 6.54. The summed E-state index contributed by atoms with van der Waals surface area (Å²) in [5, 5.41) is 0. The van der Waals surface area contributed by atoms with Crippen LogP contribution in [0, 0.1) is 0 Å². The van der Waals surface area contributed by atoms with E-state index >= 15 is 0 Å². The Morgan fingerprint density at radius 1 is 1.05 bits per heavy atom. The molecule has 0 N–H and O–H groups in total. The Kier molecular flexibility index (Phi) is 3.42. The third kappa shape index (κ3) is 2.58. The van der Waals surface area contributed by atoms with Crippen LogP contribution in [0.2, 0.25) is 0 Å². The number of rotatable bonds is 3. The molecule has 0 radical (unpaired) electrons. The summed E-state index contributed by atoms with van der Waals surface area (Å²) in [6.45, 7) is 4.85. The van der Waals surface area contributed by atoms with Crippen molar-refractivity contribution < 1.29 is 0 Å². The third-order valence-corrected chi connectivity index (χ3v) is 5.19. The molecule has 1 aliphatic carbocycles. The number of hydrogen-bond donors (Lipinski definition) is 0. The highest BCUT2D eigenvalue weighted by Crippen LogP contribution is 2.39. The lowest BCUT2D eigenvalue weighted by Gasteiger charge is -2.24. The van der Waals surface area contributed by atoms with Crippen LogP contribution >= 0.6 is 15.9 Å². The minimum atomic E-state index is 0.614. The van der Waals surface area contributed by atoms with Crippen molar-refractivity contribution in [2.24, 2.45) is 0 Å². The van der Waals surface area contributed by atoms with Gasteiger partial charge in [-0.15, -0.1) is 0 Å². The Morgan fingerprint density at radius 2 is 1.85 bits per heavy atom. The van der Waals surface area contributed by atoms with Crippen molar-refractivity contribution in [1.29, 1.82) is 0 Å². The van der Waals surface area contributed by atoms with Crippen LogP contribution in [0.15, 0.2) is 10.7 Å². The van der Waals surface area contributed by atoms with Crippen molar-refractivity contribution in [2.75, 3.05) is 31.1 Å². The standard InChI is InChI=1S/C15H21BrN4/c16-13-9-14(18-15(17-13)11-3-4-11)20-8-5-12(10-20)19-6-1-2-7-19/h9,11-12H,1-8,10H2. The van der Waals surface area contributed by atoms with Gasteiger partial charge in [-0.3, -0.25) is 4.90 Å². The van der Waals surface area contributed by atoms with Crippen molar-refractivity contribution in [3.63, 3.8) is 0 Å². The van der Waals surface area contributed by atoms with Gasteiger partial charge in [0.2, 0.25) is 0 Å². The summed E-state index contributed by atoms with van der Waals surface area (Å²) in [4.78, 5) is 14.4. The second kappa shape index (κ2) is 5.26. The zero-order chi connectivity index (χ0) is 13.5. The van der Waals surface area contributed by atoms with Crippen LogP contribution in [-0.2, 0) is 0 Å². The molecule has 3 aliphatic rings. The van der Waals surface area contributed by atoms with Crippen LogP contribution in [0.1, 0.15) is 43.8 Å². The maximum Gasteiger partial charge on any atom is 0.135 e. The Labute approximate surface area is 128 Å². The Hall–Kier alpha value is -0.680. The molecule has 4 nitrogen and oxygen atoms in total. The van der Waals surface area contributed by atoms with Gasteiger partial charge in [0.05, 0.1) is 0 Å². The van der Waals surface area contributed by atoms with Crippen molar-refractivity contribution in [1.82, 2.24) is 14.9 Å². The van der Waals surface area contributed by atoms with E-state index in [1.54, 1.807) is 0 Å². The number of aromatic nitrogens is 2. The van der Waals surface area contributed by atoms with Gasteiger partial charge in [-0.25, -0.2) is 9.97 Å². The van der Waals surface area contributed by atoms with E-state index in [2.05, 4.69) is 36.8 Å². The quantitative estimate of drug-likeness (QED) is 0.794. The number of anilines is 1. The molecule has 2 saturated heterocycles. The summed E-state index contributed by atoms with van der Waals surface area (Å²) >= 11 is 3.55. The van der Waals surface area contributed by atoms with Crippen molar-refractivity contribution >= 4 is 21.7 Å². The van der Waals surface area contributed by atoms with Crippen molar-refractivity contribution in [3.05, 3.63) is 16.5 Å². The molecule has 3 fully saturated rings. The van der Waals surface area contributed by atoms with Crippen LogP contribution in [0.25, 0.3) is 0 Å². The molecule has 0 amide bonds. The minimum Gasteiger partial charge on any atom is -0.355 e. The van der Waals surface area contributed by atoms with Crippen molar-refractivity contribution in [3.8, 4) is 0 Å². The summed E-state index contributed by atoms with van der Waals surface area (Å²) in [6, 6.07) is 2.81. The predicted molar refractivity (Wildman–Crippen MR) is 83.1 cm³/mol. The molecule has 5 heteroatoms. The Balaban J connectivity index is 1.50. The lowest BCUT2D eigenvalue weighted by Crippen LogP contribution is -2.35. The van der Waals surface area contributed by atoms with Gasteiger partial charge in [-0.05, 0) is 61.1 Å². The molecule has 0 spiro atoms. The predicted octanol–water partition coefficient (Wildman–Crippen LogP) is 2.79. The fourth-order valence-electron chi connectivity index (χ4n) is 3.46.